The van der Waals surface area contributed by atoms with Gasteiger partial charge in [0, 0.05) is 25.0 Å². The second-order valence-electron chi connectivity index (χ2n) is 7.12. The highest BCUT2D eigenvalue weighted by Crippen LogP contribution is 2.27. The highest BCUT2D eigenvalue weighted by Gasteiger charge is 2.23. The van der Waals surface area contributed by atoms with Crippen molar-refractivity contribution in [1.29, 1.82) is 0 Å². The Bertz CT molecular complexity index is 1090. The highest BCUT2D eigenvalue weighted by molar-refractivity contribution is 8.00. The fraction of sp³-hybridized carbons (Fsp3) is 0.167. The van der Waals surface area contributed by atoms with Gasteiger partial charge in [0.25, 0.3) is 0 Å². The molecule has 0 saturated carbocycles. The van der Waals surface area contributed by atoms with Crippen LogP contribution in [0.5, 0.6) is 0 Å². The van der Waals surface area contributed by atoms with E-state index in [-0.39, 0.29) is 17.2 Å². The van der Waals surface area contributed by atoms with Gasteiger partial charge in [0.2, 0.25) is 5.91 Å². The zero-order valence-electron chi connectivity index (χ0n) is 17.3. The van der Waals surface area contributed by atoms with E-state index in [1.165, 1.54) is 11.8 Å². The van der Waals surface area contributed by atoms with Gasteiger partial charge in [0.15, 0.2) is 11.0 Å². The predicted octanol–water partition coefficient (Wildman–Crippen LogP) is 4.26. The van der Waals surface area contributed by atoms with Crippen molar-refractivity contribution in [3.05, 3.63) is 96.3 Å². The lowest BCUT2D eigenvalue weighted by atomic mass is 9.98. The number of benzene rings is 2. The van der Waals surface area contributed by atoms with E-state index in [4.69, 9.17) is 0 Å². The number of aromatic nitrogens is 4. The lowest BCUT2D eigenvalue weighted by Gasteiger charge is -2.22. The summed E-state index contributed by atoms with van der Waals surface area (Å²) in [6, 6.07) is 23.5. The average Bonchev–Trinajstić information content (AvgIpc) is 3.19. The fourth-order valence-electron chi connectivity index (χ4n) is 3.29. The standard InChI is InChI=1S/C24H23N5OS/c1-17(31-24-28-27-22(29(24)2)20-13-15-25-16-14-20)23(30)26-21(18-9-5-3-6-10-18)19-11-7-4-8-12-19/h3-17,21H,1-2H3,(H,26,30)/t17-/m0/s1. The summed E-state index contributed by atoms with van der Waals surface area (Å²) in [6.07, 6.45) is 3.44. The third kappa shape index (κ3) is 4.83. The molecule has 156 valence electrons. The summed E-state index contributed by atoms with van der Waals surface area (Å²) in [4.78, 5) is 17.1. The molecule has 6 nitrogen and oxygen atoms in total. The lowest BCUT2D eigenvalue weighted by Crippen LogP contribution is -2.35. The molecular weight excluding hydrogens is 406 g/mol. The molecule has 0 aliphatic carbocycles. The summed E-state index contributed by atoms with van der Waals surface area (Å²) in [5, 5.41) is 12.1. The van der Waals surface area contributed by atoms with Crippen LogP contribution in [-0.2, 0) is 11.8 Å². The smallest absolute Gasteiger partial charge is 0.234 e. The van der Waals surface area contributed by atoms with Gasteiger partial charge in [-0.1, -0.05) is 72.4 Å². The molecule has 2 aromatic carbocycles. The van der Waals surface area contributed by atoms with Crippen molar-refractivity contribution in [2.45, 2.75) is 23.4 Å². The van der Waals surface area contributed by atoms with Crippen molar-refractivity contribution in [3.8, 4) is 11.4 Å². The Kier molecular flexibility index (Phi) is 6.43. The maximum Gasteiger partial charge on any atom is 0.234 e. The van der Waals surface area contributed by atoms with Crippen LogP contribution in [0.4, 0.5) is 0 Å². The van der Waals surface area contributed by atoms with Crippen LogP contribution in [0.1, 0.15) is 24.1 Å². The maximum atomic E-state index is 13.1. The number of hydrogen-bond acceptors (Lipinski definition) is 5. The second-order valence-corrected chi connectivity index (χ2v) is 8.43. The predicted molar refractivity (Wildman–Crippen MR) is 122 cm³/mol. The molecule has 4 rings (SSSR count). The van der Waals surface area contributed by atoms with E-state index in [1.54, 1.807) is 12.4 Å². The van der Waals surface area contributed by atoms with E-state index < -0.39 is 0 Å². The molecule has 0 radical (unpaired) electrons. The van der Waals surface area contributed by atoms with Crippen LogP contribution < -0.4 is 5.32 Å². The molecule has 0 saturated heterocycles. The van der Waals surface area contributed by atoms with E-state index in [0.29, 0.717) is 5.16 Å². The topological polar surface area (TPSA) is 72.7 Å². The molecule has 0 spiro atoms. The number of carbonyl (C=O) groups excluding carboxylic acids is 1. The minimum Gasteiger partial charge on any atom is -0.344 e. The zero-order chi connectivity index (χ0) is 21.6. The van der Waals surface area contributed by atoms with Gasteiger partial charge < -0.3 is 9.88 Å². The van der Waals surface area contributed by atoms with Gasteiger partial charge in [-0.25, -0.2) is 0 Å². The van der Waals surface area contributed by atoms with Crippen molar-refractivity contribution >= 4 is 17.7 Å². The van der Waals surface area contributed by atoms with Crippen LogP contribution >= 0.6 is 11.8 Å². The molecule has 0 unspecified atom stereocenters. The first kappa shape index (κ1) is 20.8. The van der Waals surface area contributed by atoms with Gasteiger partial charge in [-0.3, -0.25) is 9.78 Å². The molecule has 2 aromatic heterocycles. The van der Waals surface area contributed by atoms with Gasteiger partial charge in [0.1, 0.15) is 0 Å². The first-order valence-electron chi connectivity index (χ1n) is 10.00. The molecule has 1 N–H and O–H groups in total. The van der Waals surface area contributed by atoms with Gasteiger partial charge in [-0.2, -0.15) is 0 Å². The molecule has 0 aliphatic heterocycles. The van der Waals surface area contributed by atoms with Crippen LogP contribution in [0.3, 0.4) is 0 Å². The summed E-state index contributed by atoms with van der Waals surface area (Å²) in [5.74, 6) is 0.681. The maximum absolute atomic E-state index is 13.1. The van der Waals surface area contributed by atoms with Gasteiger partial charge >= 0.3 is 0 Å². The SMILES string of the molecule is C[C@H](Sc1nnc(-c2ccncc2)n1C)C(=O)NC(c1ccccc1)c1ccccc1. The largest absolute Gasteiger partial charge is 0.344 e. The summed E-state index contributed by atoms with van der Waals surface area (Å²) >= 11 is 1.39. The van der Waals surface area contributed by atoms with Crippen molar-refractivity contribution in [2.24, 2.45) is 7.05 Å². The molecule has 0 bridgehead atoms. The minimum absolute atomic E-state index is 0.0591. The van der Waals surface area contributed by atoms with Gasteiger partial charge in [0.05, 0.1) is 11.3 Å². The van der Waals surface area contributed by atoms with Crippen LogP contribution in [0.25, 0.3) is 11.4 Å². The molecule has 4 aromatic rings. The van der Waals surface area contributed by atoms with Crippen molar-refractivity contribution < 1.29 is 4.79 Å². The summed E-state index contributed by atoms with van der Waals surface area (Å²) in [6.45, 7) is 1.88. The third-order valence-electron chi connectivity index (χ3n) is 4.98. The Balaban J connectivity index is 1.51. The number of nitrogens with zero attached hydrogens (tertiary/aromatic N) is 4. The monoisotopic (exact) mass is 429 g/mol. The second kappa shape index (κ2) is 9.57. The number of thioether (sulfide) groups is 1. The fourth-order valence-corrected chi connectivity index (χ4v) is 4.12. The number of pyridine rings is 1. The van der Waals surface area contributed by atoms with E-state index in [9.17, 15) is 4.79 Å². The Labute approximate surface area is 185 Å². The normalized spacial score (nSPS) is 12.0. The van der Waals surface area contributed by atoms with Crippen molar-refractivity contribution in [3.63, 3.8) is 0 Å². The summed E-state index contributed by atoms with van der Waals surface area (Å²) in [7, 11) is 1.90. The quantitative estimate of drug-likeness (QED) is 0.444. The number of rotatable bonds is 7. The first-order chi connectivity index (χ1) is 15.1. The number of carbonyl (C=O) groups is 1. The van der Waals surface area contributed by atoms with Gasteiger partial charge in [-0.15, -0.1) is 10.2 Å². The van der Waals surface area contributed by atoms with Gasteiger partial charge in [-0.05, 0) is 30.2 Å². The number of amides is 1. The van der Waals surface area contributed by atoms with Crippen LogP contribution in [0.15, 0.2) is 90.3 Å². The van der Waals surface area contributed by atoms with E-state index >= 15 is 0 Å². The molecule has 1 atom stereocenters. The Hall–Kier alpha value is -3.45. The Morgan fingerprint density at radius 1 is 0.903 bits per heavy atom. The van der Waals surface area contributed by atoms with Crippen LogP contribution in [-0.4, -0.2) is 30.9 Å². The molecule has 2 heterocycles. The summed E-state index contributed by atoms with van der Waals surface area (Å²) in [5.41, 5.74) is 3.01. The average molecular weight is 430 g/mol. The Morgan fingerprint density at radius 2 is 1.48 bits per heavy atom. The van der Waals surface area contributed by atoms with E-state index in [2.05, 4.69) is 20.5 Å². The molecule has 1 amide bonds. The molecule has 0 aliphatic rings. The Morgan fingerprint density at radius 3 is 2.06 bits per heavy atom. The molecular formula is C24H23N5OS. The number of hydrogen-bond donors (Lipinski definition) is 1. The lowest BCUT2D eigenvalue weighted by molar-refractivity contribution is -0.120. The van der Waals surface area contributed by atoms with Crippen LogP contribution in [0.2, 0.25) is 0 Å². The summed E-state index contributed by atoms with van der Waals surface area (Å²) < 4.78 is 1.90. The van der Waals surface area contributed by atoms with Crippen molar-refractivity contribution in [2.75, 3.05) is 0 Å². The minimum atomic E-state index is -0.344. The van der Waals surface area contributed by atoms with Crippen LogP contribution in [0, 0.1) is 0 Å². The third-order valence-corrected chi connectivity index (χ3v) is 6.11. The highest BCUT2D eigenvalue weighted by atomic mass is 32.2. The zero-order valence-corrected chi connectivity index (χ0v) is 18.2. The number of nitrogens with one attached hydrogen (secondary N) is 1. The molecule has 0 fully saturated rings. The van der Waals surface area contributed by atoms with E-state index in [1.807, 2.05) is 91.3 Å². The van der Waals surface area contributed by atoms with E-state index in [0.717, 1.165) is 22.5 Å². The molecule has 31 heavy (non-hydrogen) atoms. The van der Waals surface area contributed by atoms with Crippen molar-refractivity contribution in [1.82, 2.24) is 25.1 Å². The molecule has 7 heteroatoms. The first-order valence-corrected chi connectivity index (χ1v) is 10.9.